The van der Waals surface area contributed by atoms with Crippen LogP contribution in [-0.2, 0) is 9.84 Å². The molecule has 1 aliphatic rings. The molecule has 0 unspecified atom stereocenters. The summed E-state index contributed by atoms with van der Waals surface area (Å²) in [5, 5.41) is 0. The van der Waals surface area contributed by atoms with Crippen LogP contribution in [0.1, 0.15) is 19.3 Å². The molecule has 1 rings (SSSR count). The predicted octanol–water partition coefficient (Wildman–Crippen LogP) is 1.01. The largest absolute Gasteiger partial charge is 0.229 e. The molecule has 1 aliphatic heterocycles. The number of hydrogen-bond donors (Lipinski definition) is 0. The molecule has 9 heavy (non-hydrogen) atoms. The summed E-state index contributed by atoms with van der Waals surface area (Å²) in [6.45, 7) is 0. The summed E-state index contributed by atoms with van der Waals surface area (Å²) in [4.78, 5) is 0. The molecule has 0 aromatic rings. The second-order valence-electron chi connectivity index (χ2n) is 2.21. The van der Waals surface area contributed by atoms with E-state index in [1.807, 2.05) is 0 Å². The van der Waals surface area contributed by atoms with Crippen molar-refractivity contribution in [1.29, 1.82) is 0 Å². The van der Waals surface area contributed by atoms with Crippen LogP contribution in [0, 0.1) is 0 Å². The van der Waals surface area contributed by atoms with Gasteiger partial charge in [0.05, 0.1) is 11.5 Å². The highest BCUT2D eigenvalue weighted by Gasteiger charge is 2.14. The first kappa shape index (κ1) is 9.24. The molecular formula is C5H11ClO2S. The molecule has 56 valence electrons. The van der Waals surface area contributed by atoms with E-state index in [0.717, 1.165) is 19.3 Å². The van der Waals surface area contributed by atoms with Gasteiger partial charge in [-0.2, -0.15) is 0 Å². The van der Waals surface area contributed by atoms with Gasteiger partial charge in [-0.25, -0.2) is 8.42 Å². The van der Waals surface area contributed by atoms with Gasteiger partial charge >= 0.3 is 0 Å². The minimum absolute atomic E-state index is 0. The van der Waals surface area contributed by atoms with Gasteiger partial charge in [0.15, 0.2) is 0 Å². The maximum atomic E-state index is 10.7. The Hall–Kier alpha value is 0.240. The first-order valence-corrected chi connectivity index (χ1v) is 4.73. The fourth-order valence-corrected chi connectivity index (χ4v) is 2.41. The second-order valence-corrected chi connectivity index (χ2v) is 4.52. The Bertz CT molecular complexity index is 150. The lowest BCUT2D eigenvalue weighted by Crippen LogP contribution is -2.15. The third-order valence-corrected chi connectivity index (χ3v) is 3.23. The zero-order valence-corrected chi connectivity index (χ0v) is 6.80. The molecule has 0 bridgehead atoms. The molecule has 0 saturated carbocycles. The zero-order chi connectivity index (χ0) is 6.04. The van der Waals surface area contributed by atoms with Crippen LogP contribution < -0.4 is 0 Å². The van der Waals surface area contributed by atoms with E-state index in [2.05, 4.69) is 0 Å². The van der Waals surface area contributed by atoms with E-state index in [1.165, 1.54) is 0 Å². The van der Waals surface area contributed by atoms with E-state index in [0.29, 0.717) is 11.5 Å². The number of sulfone groups is 1. The smallest absolute Gasteiger partial charge is 0.150 e. The van der Waals surface area contributed by atoms with Crippen LogP contribution in [-0.4, -0.2) is 19.9 Å². The lowest BCUT2D eigenvalue weighted by Gasteiger charge is -2.08. The fourth-order valence-electron chi connectivity index (χ4n) is 0.923. The van der Waals surface area contributed by atoms with Crippen LogP contribution in [0.4, 0.5) is 0 Å². The standard InChI is InChI=1S/C5H10O2S.ClH/c6-8(7)4-2-1-3-5-8;/h1-5H2;1H. The van der Waals surface area contributed by atoms with Gasteiger partial charge in [-0.05, 0) is 12.8 Å². The molecular weight excluding hydrogens is 160 g/mol. The van der Waals surface area contributed by atoms with Crippen molar-refractivity contribution in [1.82, 2.24) is 0 Å². The van der Waals surface area contributed by atoms with E-state index >= 15 is 0 Å². The summed E-state index contributed by atoms with van der Waals surface area (Å²) < 4.78 is 21.3. The van der Waals surface area contributed by atoms with Gasteiger partial charge in [0.1, 0.15) is 9.84 Å². The minimum Gasteiger partial charge on any atom is -0.229 e. The average Bonchev–Trinajstić information content (AvgIpc) is 1.65. The Morgan fingerprint density at radius 3 is 1.56 bits per heavy atom. The van der Waals surface area contributed by atoms with Crippen LogP contribution in [0.15, 0.2) is 0 Å². The van der Waals surface area contributed by atoms with Crippen LogP contribution in [0.5, 0.6) is 0 Å². The van der Waals surface area contributed by atoms with Gasteiger partial charge < -0.3 is 0 Å². The molecule has 0 atom stereocenters. The van der Waals surface area contributed by atoms with E-state index < -0.39 is 9.84 Å². The molecule has 0 N–H and O–H groups in total. The van der Waals surface area contributed by atoms with Crippen molar-refractivity contribution in [3.8, 4) is 0 Å². The van der Waals surface area contributed by atoms with Gasteiger partial charge in [-0.3, -0.25) is 0 Å². The van der Waals surface area contributed by atoms with Crippen molar-refractivity contribution in [3.63, 3.8) is 0 Å². The summed E-state index contributed by atoms with van der Waals surface area (Å²) in [5.74, 6) is 0.847. The predicted molar refractivity (Wildman–Crippen MR) is 39.8 cm³/mol. The molecule has 1 heterocycles. The van der Waals surface area contributed by atoms with Crippen molar-refractivity contribution < 1.29 is 8.42 Å². The van der Waals surface area contributed by atoms with Gasteiger partial charge in [-0.1, -0.05) is 6.42 Å². The van der Waals surface area contributed by atoms with E-state index in [1.54, 1.807) is 0 Å². The van der Waals surface area contributed by atoms with Gasteiger partial charge in [-0.15, -0.1) is 12.4 Å². The maximum Gasteiger partial charge on any atom is 0.150 e. The molecule has 1 saturated heterocycles. The Morgan fingerprint density at radius 2 is 1.33 bits per heavy atom. The Morgan fingerprint density at radius 1 is 0.889 bits per heavy atom. The Labute approximate surface area is 62.0 Å². The highest BCUT2D eigenvalue weighted by atomic mass is 35.5. The summed E-state index contributed by atoms with van der Waals surface area (Å²) >= 11 is 0. The van der Waals surface area contributed by atoms with Crippen molar-refractivity contribution in [3.05, 3.63) is 0 Å². The van der Waals surface area contributed by atoms with Crippen molar-refractivity contribution in [2.45, 2.75) is 19.3 Å². The Balaban J connectivity index is 0.000000640. The summed E-state index contributed by atoms with van der Waals surface area (Å²) in [6, 6.07) is 0. The molecule has 0 amide bonds. The first-order valence-electron chi connectivity index (χ1n) is 2.91. The number of rotatable bonds is 0. The summed E-state index contributed by atoms with van der Waals surface area (Å²) in [5.41, 5.74) is 0. The number of hydrogen-bond acceptors (Lipinski definition) is 2. The van der Waals surface area contributed by atoms with Crippen LogP contribution >= 0.6 is 12.4 Å². The SMILES string of the molecule is Cl.O=S1(=O)CCCCC1. The zero-order valence-electron chi connectivity index (χ0n) is 5.17. The van der Waals surface area contributed by atoms with Crippen LogP contribution in [0.2, 0.25) is 0 Å². The van der Waals surface area contributed by atoms with Crippen molar-refractivity contribution >= 4 is 22.2 Å². The molecule has 0 aromatic heterocycles. The molecule has 4 heteroatoms. The van der Waals surface area contributed by atoms with E-state index in [9.17, 15) is 8.42 Å². The van der Waals surface area contributed by atoms with Crippen LogP contribution in [0.3, 0.4) is 0 Å². The first-order chi connectivity index (χ1) is 3.71. The molecule has 2 nitrogen and oxygen atoms in total. The minimum atomic E-state index is -2.58. The topological polar surface area (TPSA) is 34.1 Å². The number of halogens is 1. The van der Waals surface area contributed by atoms with Gasteiger partial charge in [0.2, 0.25) is 0 Å². The third-order valence-electron chi connectivity index (χ3n) is 1.41. The third kappa shape index (κ3) is 3.06. The summed E-state index contributed by atoms with van der Waals surface area (Å²) in [7, 11) is -2.58. The average molecular weight is 171 g/mol. The molecule has 1 fully saturated rings. The van der Waals surface area contributed by atoms with Crippen molar-refractivity contribution in [2.75, 3.05) is 11.5 Å². The van der Waals surface area contributed by atoms with Crippen LogP contribution in [0.25, 0.3) is 0 Å². The van der Waals surface area contributed by atoms with E-state index in [4.69, 9.17) is 0 Å². The monoisotopic (exact) mass is 170 g/mol. The molecule has 0 aliphatic carbocycles. The normalized spacial score (nSPS) is 24.4. The maximum absolute atomic E-state index is 10.7. The highest BCUT2D eigenvalue weighted by molar-refractivity contribution is 7.91. The quantitative estimate of drug-likeness (QED) is 0.544. The Kier molecular flexibility index (Phi) is 3.51. The van der Waals surface area contributed by atoms with E-state index in [-0.39, 0.29) is 12.4 Å². The highest BCUT2D eigenvalue weighted by Crippen LogP contribution is 2.09. The second kappa shape index (κ2) is 3.42. The fraction of sp³-hybridized carbons (Fsp3) is 1.00. The lowest BCUT2D eigenvalue weighted by atomic mass is 10.3. The van der Waals surface area contributed by atoms with Gasteiger partial charge in [0, 0.05) is 0 Å². The molecule has 0 radical (unpaired) electrons. The van der Waals surface area contributed by atoms with Crippen molar-refractivity contribution in [2.24, 2.45) is 0 Å². The lowest BCUT2D eigenvalue weighted by molar-refractivity contribution is 0.575. The summed E-state index contributed by atoms with van der Waals surface area (Å²) in [6.07, 6.45) is 2.85. The van der Waals surface area contributed by atoms with Gasteiger partial charge in [0.25, 0.3) is 0 Å². The molecule has 0 spiro atoms. The molecule has 0 aromatic carbocycles.